The Kier molecular flexibility index (Phi) is 6.88. The van der Waals surface area contributed by atoms with Crippen LogP contribution < -0.4 is 14.8 Å². The maximum Gasteiger partial charge on any atom is 0.311 e. The van der Waals surface area contributed by atoms with Crippen molar-refractivity contribution in [2.45, 2.75) is 33.1 Å². The Hall–Kier alpha value is -2.24. The highest BCUT2D eigenvalue weighted by Gasteiger charge is 2.35. The van der Waals surface area contributed by atoms with Gasteiger partial charge in [-0.15, -0.1) is 0 Å². The van der Waals surface area contributed by atoms with E-state index in [2.05, 4.69) is 5.32 Å². The highest BCUT2D eigenvalue weighted by atomic mass is 16.5. The van der Waals surface area contributed by atoms with Crippen molar-refractivity contribution in [2.24, 2.45) is 5.41 Å². The van der Waals surface area contributed by atoms with Gasteiger partial charge < -0.3 is 19.9 Å². The first kappa shape index (κ1) is 18.8. The fourth-order valence-corrected chi connectivity index (χ4v) is 2.47. The summed E-state index contributed by atoms with van der Waals surface area (Å²) in [5, 5.41) is 12.1. The van der Waals surface area contributed by atoms with Crippen LogP contribution in [0, 0.1) is 5.41 Å². The number of hydrogen-bond donors (Lipinski definition) is 2. The average molecular weight is 323 g/mol. The Bertz CT molecular complexity index is 530. The van der Waals surface area contributed by atoms with Gasteiger partial charge in [-0.05, 0) is 25.0 Å². The van der Waals surface area contributed by atoms with Gasteiger partial charge in [0.05, 0.1) is 26.1 Å². The molecule has 1 rings (SSSR count). The molecule has 1 aromatic carbocycles. The van der Waals surface area contributed by atoms with Gasteiger partial charge in [-0.25, -0.2) is 0 Å². The quantitative estimate of drug-likeness (QED) is 0.728. The second-order valence-corrected chi connectivity index (χ2v) is 5.39. The molecule has 1 aromatic rings. The van der Waals surface area contributed by atoms with E-state index in [0.29, 0.717) is 29.9 Å². The molecule has 0 aliphatic carbocycles. The molecule has 6 nitrogen and oxygen atoms in total. The number of methoxy groups -OCH3 is 2. The minimum atomic E-state index is -0.930. The van der Waals surface area contributed by atoms with Gasteiger partial charge in [0.15, 0.2) is 0 Å². The van der Waals surface area contributed by atoms with Crippen molar-refractivity contribution in [1.29, 1.82) is 0 Å². The number of amides is 1. The zero-order valence-corrected chi connectivity index (χ0v) is 14.1. The molecule has 0 heterocycles. The van der Waals surface area contributed by atoms with Gasteiger partial charge in [-0.3, -0.25) is 9.59 Å². The zero-order valence-electron chi connectivity index (χ0n) is 14.1. The van der Waals surface area contributed by atoms with Gasteiger partial charge in [0.1, 0.15) is 11.5 Å². The van der Waals surface area contributed by atoms with E-state index < -0.39 is 11.4 Å². The van der Waals surface area contributed by atoms with Gasteiger partial charge in [-0.2, -0.15) is 0 Å². The van der Waals surface area contributed by atoms with Gasteiger partial charge in [0.2, 0.25) is 5.91 Å². The Morgan fingerprint density at radius 2 is 1.65 bits per heavy atom. The van der Waals surface area contributed by atoms with Crippen LogP contribution in [0.5, 0.6) is 11.5 Å². The van der Waals surface area contributed by atoms with Crippen molar-refractivity contribution in [3.63, 3.8) is 0 Å². The van der Waals surface area contributed by atoms with Crippen LogP contribution in [0.2, 0.25) is 0 Å². The molecule has 128 valence electrons. The second kappa shape index (κ2) is 8.41. The highest BCUT2D eigenvalue weighted by Crippen LogP contribution is 2.29. The minimum absolute atomic E-state index is 0.0658. The summed E-state index contributed by atoms with van der Waals surface area (Å²) in [6, 6.07) is 5.29. The molecule has 0 aliphatic rings. The van der Waals surface area contributed by atoms with Crippen LogP contribution in [0.3, 0.4) is 0 Å². The van der Waals surface area contributed by atoms with Crippen molar-refractivity contribution >= 4 is 11.9 Å². The van der Waals surface area contributed by atoms with Gasteiger partial charge in [-0.1, -0.05) is 19.9 Å². The van der Waals surface area contributed by atoms with E-state index in [1.165, 1.54) is 14.2 Å². The fourth-order valence-electron chi connectivity index (χ4n) is 2.47. The van der Waals surface area contributed by atoms with E-state index in [1.54, 1.807) is 18.2 Å². The largest absolute Gasteiger partial charge is 0.496 e. The lowest BCUT2D eigenvalue weighted by atomic mass is 9.82. The molecule has 2 N–H and O–H groups in total. The summed E-state index contributed by atoms with van der Waals surface area (Å²) in [4.78, 5) is 23.7. The Labute approximate surface area is 136 Å². The van der Waals surface area contributed by atoms with Crippen molar-refractivity contribution < 1.29 is 24.2 Å². The molecular weight excluding hydrogens is 298 g/mol. The lowest BCUT2D eigenvalue weighted by Gasteiger charge is -2.27. The summed E-state index contributed by atoms with van der Waals surface area (Å²) in [7, 11) is 3.06. The number of carbonyl (C=O) groups excluding carboxylic acids is 1. The van der Waals surface area contributed by atoms with Gasteiger partial charge in [0.25, 0.3) is 0 Å². The molecule has 0 aromatic heterocycles. The first-order valence-corrected chi connectivity index (χ1v) is 7.64. The number of carbonyl (C=O) groups is 2. The average Bonchev–Trinajstić information content (AvgIpc) is 2.56. The Balaban J connectivity index is 2.84. The van der Waals surface area contributed by atoms with E-state index in [9.17, 15) is 14.7 Å². The number of rotatable bonds is 9. The second-order valence-electron chi connectivity index (χ2n) is 5.39. The summed E-state index contributed by atoms with van der Waals surface area (Å²) in [5.41, 5.74) is -0.288. The molecule has 0 atom stereocenters. The number of nitrogens with one attached hydrogen (secondary N) is 1. The first-order valence-electron chi connectivity index (χ1n) is 7.64. The maximum absolute atomic E-state index is 12.2. The highest BCUT2D eigenvalue weighted by molar-refractivity contribution is 5.82. The minimum Gasteiger partial charge on any atom is -0.496 e. The zero-order chi connectivity index (χ0) is 17.5. The van der Waals surface area contributed by atoms with Crippen LogP contribution in [-0.4, -0.2) is 37.7 Å². The summed E-state index contributed by atoms with van der Waals surface area (Å²) >= 11 is 0. The SMILES string of the molecule is CCC(CC)(CNC(=O)Cc1c(OC)cccc1OC)C(=O)O. The molecule has 0 fully saturated rings. The van der Waals surface area contributed by atoms with E-state index >= 15 is 0 Å². The summed E-state index contributed by atoms with van der Waals surface area (Å²) in [6.45, 7) is 3.73. The number of carboxylic acid groups (broad SMARTS) is 1. The summed E-state index contributed by atoms with van der Waals surface area (Å²) in [5.74, 6) is -0.0250. The number of benzene rings is 1. The maximum atomic E-state index is 12.2. The predicted molar refractivity (Wildman–Crippen MR) is 86.9 cm³/mol. The molecule has 0 radical (unpaired) electrons. The topological polar surface area (TPSA) is 84.9 Å². The van der Waals surface area contributed by atoms with E-state index in [-0.39, 0.29) is 18.9 Å². The Morgan fingerprint density at radius 3 is 2.04 bits per heavy atom. The molecule has 0 saturated heterocycles. The van der Waals surface area contributed by atoms with Crippen LogP contribution in [-0.2, 0) is 16.0 Å². The van der Waals surface area contributed by atoms with Crippen molar-refractivity contribution in [3.8, 4) is 11.5 Å². The third-order valence-electron chi connectivity index (χ3n) is 4.30. The third-order valence-corrected chi connectivity index (χ3v) is 4.30. The van der Waals surface area contributed by atoms with E-state index in [4.69, 9.17) is 9.47 Å². The van der Waals surface area contributed by atoms with Crippen molar-refractivity contribution in [3.05, 3.63) is 23.8 Å². The predicted octanol–water partition coefficient (Wildman–Crippen LogP) is 2.25. The van der Waals surface area contributed by atoms with Gasteiger partial charge >= 0.3 is 5.97 Å². The molecule has 1 amide bonds. The number of ether oxygens (including phenoxy) is 2. The Morgan fingerprint density at radius 1 is 1.13 bits per heavy atom. The number of hydrogen-bond acceptors (Lipinski definition) is 4. The van der Waals surface area contributed by atoms with Crippen LogP contribution in [0.15, 0.2) is 18.2 Å². The monoisotopic (exact) mass is 323 g/mol. The third kappa shape index (κ3) is 4.37. The van der Waals surface area contributed by atoms with Crippen LogP contribution >= 0.6 is 0 Å². The number of carboxylic acids is 1. The normalized spacial score (nSPS) is 11.0. The van der Waals surface area contributed by atoms with Crippen LogP contribution in [0.4, 0.5) is 0 Å². The molecule has 0 aliphatic heterocycles. The molecule has 6 heteroatoms. The fraction of sp³-hybridized carbons (Fsp3) is 0.529. The summed E-state index contributed by atoms with van der Waals surface area (Å²) < 4.78 is 10.5. The molecule has 0 bridgehead atoms. The standard InChI is InChI=1S/C17H25NO5/c1-5-17(6-2,16(20)21)11-18-15(19)10-12-13(22-3)8-7-9-14(12)23-4/h7-9H,5-6,10-11H2,1-4H3,(H,18,19)(H,20,21). The summed E-state index contributed by atoms with van der Waals surface area (Å²) in [6.07, 6.45) is 0.977. The van der Waals surface area contributed by atoms with E-state index in [1.807, 2.05) is 13.8 Å². The van der Waals surface area contributed by atoms with Gasteiger partial charge in [0, 0.05) is 12.1 Å². The van der Waals surface area contributed by atoms with Crippen molar-refractivity contribution in [1.82, 2.24) is 5.32 Å². The van der Waals surface area contributed by atoms with Crippen LogP contribution in [0.25, 0.3) is 0 Å². The first-order chi connectivity index (χ1) is 10.9. The molecule has 0 unspecified atom stereocenters. The molecule has 0 spiro atoms. The molecule has 23 heavy (non-hydrogen) atoms. The molecule has 0 saturated carbocycles. The lowest BCUT2D eigenvalue weighted by molar-refractivity contribution is -0.149. The van der Waals surface area contributed by atoms with Crippen molar-refractivity contribution in [2.75, 3.05) is 20.8 Å². The van der Waals surface area contributed by atoms with E-state index in [0.717, 1.165) is 0 Å². The number of aliphatic carboxylic acids is 1. The lowest BCUT2D eigenvalue weighted by Crippen LogP contribution is -2.42. The molecular formula is C17H25NO5. The van der Waals surface area contributed by atoms with Crippen LogP contribution in [0.1, 0.15) is 32.3 Å². The smallest absolute Gasteiger partial charge is 0.311 e.